The van der Waals surface area contributed by atoms with Gasteiger partial charge in [0.05, 0.1) is 13.2 Å². The highest BCUT2D eigenvalue weighted by molar-refractivity contribution is 6.44. The maximum Gasteiger partial charge on any atom is 0.305 e. The number of alkyl halides is 4. The van der Waals surface area contributed by atoms with Gasteiger partial charge in [-0.25, -0.2) is 0 Å². The lowest BCUT2D eigenvalue weighted by Gasteiger charge is -2.06. The molecule has 0 bridgehead atoms. The van der Waals surface area contributed by atoms with E-state index in [1.165, 1.54) is 0 Å². The molecule has 0 aromatic heterocycles. The molecule has 0 saturated heterocycles. The monoisotopic (exact) mass is 366 g/mol. The van der Waals surface area contributed by atoms with Crippen LogP contribution in [0.15, 0.2) is 0 Å². The molecule has 0 spiro atoms. The second kappa shape index (κ2) is 12.8. The van der Waals surface area contributed by atoms with Crippen molar-refractivity contribution in [3.05, 3.63) is 0 Å². The predicted octanol–water partition coefficient (Wildman–Crippen LogP) is 4.02. The van der Waals surface area contributed by atoms with Gasteiger partial charge in [-0.3, -0.25) is 9.59 Å². The summed E-state index contributed by atoms with van der Waals surface area (Å²) in [6, 6.07) is 0. The van der Waals surface area contributed by atoms with Gasteiger partial charge >= 0.3 is 11.9 Å². The third-order valence-electron chi connectivity index (χ3n) is 2.21. The van der Waals surface area contributed by atoms with E-state index in [2.05, 4.69) is 0 Å². The normalized spacial score (nSPS) is 10.9. The molecule has 4 nitrogen and oxygen atoms in total. The van der Waals surface area contributed by atoms with Crippen LogP contribution in [0.5, 0.6) is 0 Å². The Bertz CT molecular complexity index is 257. The summed E-state index contributed by atoms with van der Waals surface area (Å²) in [4.78, 5) is 21.5. The standard InChI is InChI=1S/C12H18Cl4O4/c13-9(14)5-7-19-11(17)3-1-2-4-12(18)20-8-6-10(15)16/h9-10H,1-8H2. The fraction of sp³-hybridized carbons (Fsp3) is 0.833. The molecule has 8 heteroatoms. The van der Waals surface area contributed by atoms with Crippen LogP contribution in [0.3, 0.4) is 0 Å². The molecule has 0 unspecified atom stereocenters. The molecule has 0 rings (SSSR count). The van der Waals surface area contributed by atoms with Gasteiger partial charge < -0.3 is 9.47 Å². The second-order valence-corrected chi connectivity index (χ2v) is 6.56. The fourth-order valence-corrected chi connectivity index (χ4v) is 1.56. The second-order valence-electron chi connectivity index (χ2n) is 4.01. The van der Waals surface area contributed by atoms with E-state index in [0.29, 0.717) is 25.7 Å². The van der Waals surface area contributed by atoms with Gasteiger partial charge in [0, 0.05) is 25.7 Å². The first-order valence-electron chi connectivity index (χ1n) is 6.29. The van der Waals surface area contributed by atoms with Crippen LogP contribution in [0.4, 0.5) is 0 Å². The predicted molar refractivity (Wildman–Crippen MR) is 80.6 cm³/mol. The van der Waals surface area contributed by atoms with E-state index in [1.807, 2.05) is 0 Å². The number of unbranched alkanes of at least 4 members (excludes halogenated alkanes) is 1. The van der Waals surface area contributed by atoms with E-state index < -0.39 is 9.67 Å². The Morgan fingerprint density at radius 2 is 1.10 bits per heavy atom. The first-order chi connectivity index (χ1) is 9.41. The fourth-order valence-electron chi connectivity index (χ4n) is 1.21. The summed E-state index contributed by atoms with van der Waals surface area (Å²) >= 11 is 22.0. The average molecular weight is 368 g/mol. The summed E-state index contributed by atoms with van der Waals surface area (Å²) in [7, 11) is 0. The highest BCUT2D eigenvalue weighted by Crippen LogP contribution is 2.09. The minimum absolute atomic E-state index is 0.205. The maximum atomic E-state index is 11.3. The van der Waals surface area contributed by atoms with Crippen molar-refractivity contribution in [3.8, 4) is 0 Å². The molecule has 0 radical (unpaired) electrons. The zero-order chi connectivity index (χ0) is 15.4. The molecule has 20 heavy (non-hydrogen) atoms. The molecular weight excluding hydrogens is 350 g/mol. The molecule has 0 aromatic carbocycles. The van der Waals surface area contributed by atoms with Crippen molar-refractivity contribution in [2.24, 2.45) is 0 Å². The smallest absolute Gasteiger partial charge is 0.305 e. The van der Waals surface area contributed by atoms with Crippen molar-refractivity contribution in [1.82, 2.24) is 0 Å². The third kappa shape index (κ3) is 14.5. The zero-order valence-corrected chi connectivity index (χ0v) is 14.0. The lowest BCUT2D eigenvalue weighted by molar-refractivity contribution is -0.146. The number of hydrogen-bond donors (Lipinski definition) is 0. The van der Waals surface area contributed by atoms with Gasteiger partial charge in [0.15, 0.2) is 0 Å². The Balaban J connectivity index is 3.41. The lowest BCUT2D eigenvalue weighted by atomic mass is 10.2. The molecule has 0 aromatic rings. The minimum Gasteiger partial charge on any atom is -0.466 e. The summed E-state index contributed by atoms with van der Waals surface area (Å²) in [5, 5.41) is 0. The number of esters is 2. The molecule has 0 heterocycles. The van der Waals surface area contributed by atoms with Gasteiger partial charge in [0.2, 0.25) is 0 Å². The minimum atomic E-state index is -0.529. The number of hydrogen-bond acceptors (Lipinski definition) is 4. The average Bonchev–Trinajstić information content (AvgIpc) is 2.33. The summed E-state index contributed by atoms with van der Waals surface area (Å²) < 4.78 is 9.80. The number of carbonyl (C=O) groups excluding carboxylic acids is 2. The molecule has 0 amide bonds. The quantitative estimate of drug-likeness (QED) is 0.314. The summed E-state index contributed by atoms with van der Waals surface area (Å²) in [6.45, 7) is 0.410. The van der Waals surface area contributed by atoms with Crippen molar-refractivity contribution in [2.75, 3.05) is 13.2 Å². The van der Waals surface area contributed by atoms with Gasteiger partial charge in [-0.1, -0.05) is 0 Å². The van der Waals surface area contributed by atoms with Gasteiger partial charge in [-0.2, -0.15) is 0 Å². The zero-order valence-electron chi connectivity index (χ0n) is 11.0. The highest BCUT2D eigenvalue weighted by atomic mass is 35.5. The van der Waals surface area contributed by atoms with Crippen LogP contribution in [0.1, 0.15) is 38.5 Å². The molecule has 0 fully saturated rings. The van der Waals surface area contributed by atoms with Crippen molar-refractivity contribution < 1.29 is 19.1 Å². The molecule has 0 N–H and O–H groups in total. The van der Waals surface area contributed by atoms with Crippen LogP contribution in [0, 0.1) is 0 Å². The van der Waals surface area contributed by atoms with E-state index in [-0.39, 0.29) is 38.0 Å². The van der Waals surface area contributed by atoms with Gasteiger partial charge in [0.1, 0.15) is 9.67 Å². The third-order valence-corrected chi connectivity index (χ3v) is 3.08. The lowest BCUT2D eigenvalue weighted by Crippen LogP contribution is -2.09. The van der Waals surface area contributed by atoms with Crippen LogP contribution in [0.25, 0.3) is 0 Å². The summed E-state index contributed by atoms with van der Waals surface area (Å²) in [6.07, 6.45) is 2.45. The highest BCUT2D eigenvalue weighted by Gasteiger charge is 2.08. The van der Waals surface area contributed by atoms with E-state index in [1.54, 1.807) is 0 Å². The van der Waals surface area contributed by atoms with Crippen LogP contribution in [-0.4, -0.2) is 34.8 Å². The number of ether oxygens (including phenoxy) is 2. The van der Waals surface area contributed by atoms with Crippen molar-refractivity contribution in [2.45, 2.75) is 48.2 Å². The topological polar surface area (TPSA) is 52.6 Å². The van der Waals surface area contributed by atoms with E-state index in [9.17, 15) is 9.59 Å². The molecule has 0 aliphatic rings. The number of carbonyl (C=O) groups is 2. The first-order valence-corrected chi connectivity index (χ1v) is 8.04. The first kappa shape index (κ1) is 20.1. The van der Waals surface area contributed by atoms with Crippen LogP contribution in [0.2, 0.25) is 0 Å². The van der Waals surface area contributed by atoms with Crippen LogP contribution in [-0.2, 0) is 19.1 Å². The molecule has 0 aliphatic heterocycles. The van der Waals surface area contributed by atoms with Crippen molar-refractivity contribution >= 4 is 58.3 Å². The van der Waals surface area contributed by atoms with Gasteiger partial charge in [0.25, 0.3) is 0 Å². The Kier molecular flexibility index (Phi) is 12.9. The molecule has 118 valence electrons. The van der Waals surface area contributed by atoms with Crippen LogP contribution < -0.4 is 0 Å². The van der Waals surface area contributed by atoms with E-state index in [4.69, 9.17) is 55.9 Å². The molecule has 0 saturated carbocycles. The summed E-state index contributed by atoms with van der Waals surface area (Å²) in [5.41, 5.74) is 0. The Morgan fingerprint density at radius 1 is 0.750 bits per heavy atom. The van der Waals surface area contributed by atoms with E-state index >= 15 is 0 Å². The van der Waals surface area contributed by atoms with E-state index in [0.717, 1.165) is 0 Å². The SMILES string of the molecule is O=C(CCCCC(=O)OCCC(Cl)Cl)OCCC(Cl)Cl. The largest absolute Gasteiger partial charge is 0.466 e. The van der Waals surface area contributed by atoms with Gasteiger partial charge in [-0.05, 0) is 12.8 Å². The number of rotatable bonds is 11. The Hall–Kier alpha value is 0.1000. The van der Waals surface area contributed by atoms with Crippen molar-refractivity contribution in [1.29, 1.82) is 0 Å². The maximum absolute atomic E-state index is 11.3. The molecule has 0 atom stereocenters. The molecular formula is C12H18Cl4O4. The molecule has 0 aliphatic carbocycles. The number of halogens is 4. The van der Waals surface area contributed by atoms with Gasteiger partial charge in [-0.15, -0.1) is 46.4 Å². The summed E-state index contributed by atoms with van der Waals surface area (Å²) in [5.74, 6) is -0.640. The van der Waals surface area contributed by atoms with Crippen molar-refractivity contribution in [3.63, 3.8) is 0 Å². The van der Waals surface area contributed by atoms with Crippen LogP contribution >= 0.6 is 46.4 Å². The Labute approximate surface area is 139 Å². The Morgan fingerprint density at radius 3 is 1.40 bits per heavy atom.